The van der Waals surface area contributed by atoms with Crippen LogP contribution in [0, 0.1) is 5.92 Å². The van der Waals surface area contributed by atoms with Gasteiger partial charge in [0.15, 0.2) is 17.0 Å². The van der Waals surface area contributed by atoms with Crippen LogP contribution in [0.15, 0.2) is 48.7 Å². The highest BCUT2D eigenvalue weighted by atomic mass is 16.6. The molecule has 0 bridgehead atoms. The zero-order valence-electron chi connectivity index (χ0n) is 34.9. The highest BCUT2D eigenvalue weighted by Crippen LogP contribution is 2.27. The minimum absolute atomic E-state index is 0.0324. The van der Waals surface area contributed by atoms with Crippen molar-refractivity contribution in [3.05, 3.63) is 71.0 Å². The van der Waals surface area contributed by atoms with E-state index in [1.807, 2.05) is 0 Å². The number of nitrogens with two attached hydrogens (primary N) is 2. The van der Waals surface area contributed by atoms with Crippen molar-refractivity contribution in [2.75, 3.05) is 28.2 Å². The Morgan fingerprint density at radius 1 is 0.885 bits per heavy atom. The van der Waals surface area contributed by atoms with Gasteiger partial charge >= 0.3 is 6.09 Å². The van der Waals surface area contributed by atoms with E-state index in [0.717, 1.165) is 4.90 Å². The summed E-state index contributed by atoms with van der Waals surface area (Å²) in [5.41, 5.74) is 13.1. The van der Waals surface area contributed by atoms with Crippen molar-refractivity contribution in [2.24, 2.45) is 5.92 Å². The van der Waals surface area contributed by atoms with Crippen molar-refractivity contribution in [1.82, 2.24) is 40.8 Å². The van der Waals surface area contributed by atoms with Gasteiger partial charge in [0.05, 0.1) is 29.6 Å². The molecule has 8 N–H and O–H groups in total. The van der Waals surface area contributed by atoms with Gasteiger partial charge in [-0.15, -0.1) is 0 Å². The van der Waals surface area contributed by atoms with Crippen LogP contribution in [0.3, 0.4) is 0 Å². The fourth-order valence-corrected chi connectivity index (χ4v) is 6.32. The molecule has 2 aromatic heterocycles. The van der Waals surface area contributed by atoms with Crippen LogP contribution >= 0.6 is 0 Å². The molecule has 1 aliphatic rings. The first-order valence-corrected chi connectivity index (χ1v) is 19.5. The minimum Gasteiger partial charge on any atom is -0.444 e. The van der Waals surface area contributed by atoms with Crippen LogP contribution in [-0.4, -0.2) is 97.1 Å². The second kappa shape index (κ2) is 18.8. The zero-order valence-corrected chi connectivity index (χ0v) is 34.9. The quantitative estimate of drug-likeness (QED) is 0.0699. The average molecular weight is 839 g/mol. The van der Waals surface area contributed by atoms with Gasteiger partial charge in [0.25, 0.3) is 17.7 Å². The number of anilines is 4. The third-order valence-corrected chi connectivity index (χ3v) is 9.43. The van der Waals surface area contributed by atoms with Gasteiger partial charge in [-0.2, -0.15) is 9.97 Å². The Labute approximate surface area is 351 Å². The van der Waals surface area contributed by atoms with Crippen molar-refractivity contribution in [3.8, 4) is 0 Å². The van der Waals surface area contributed by atoms with Gasteiger partial charge in [-0.3, -0.25) is 33.7 Å². The molecular formula is C41H50N12O8. The molecule has 20 nitrogen and oxygen atoms in total. The molecule has 0 unspecified atom stereocenters. The normalized spacial score (nSPS) is 13.9. The summed E-state index contributed by atoms with van der Waals surface area (Å²) in [6.07, 6.45) is 2.15. The Kier molecular flexibility index (Phi) is 13.8. The second-order valence-electron chi connectivity index (χ2n) is 15.9. The largest absolute Gasteiger partial charge is 0.444 e. The van der Waals surface area contributed by atoms with E-state index in [-0.39, 0.29) is 70.7 Å². The number of amides is 7. The Morgan fingerprint density at radius 2 is 1.57 bits per heavy atom. The number of carbonyl (C=O) groups excluding carboxylic acids is 7. The lowest BCUT2D eigenvalue weighted by atomic mass is 10.0. The second-order valence-corrected chi connectivity index (χ2v) is 15.9. The van der Waals surface area contributed by atoms with Crippen LogP contribution in [0.4, 0.5) is 27.9 Å². The molecule has 1 aliphatic heterocycles. The molecule has 322 valence electrons. The smallest absolute Gasteiger partial charge is 0.408 e. The van der Waals surface area contributed by atoms with E-state index < -0.39 is 47.4 Å². The Bertz CT molecular complexity index is 2350. The summed E-state index contributed by atoms with van der Waals surface area (Å²) in [4.78, 5) is 109. The maximum absolute atomic E-state index is 13.3. The molecule has 0 saturated carbocycles. The predicted octanol–water partition coefficient (Wildman–Crippen LogP) is 2.93. The Morgan fingerprint density at radius 3 is 2.23 bits per heavy atom. The van der Waals surface area contributed by atoms with Gasteiger partial charge < -0.3 is 42.4 Å². The molecular weight excluding hydrogens is 789 g/mol. The summed E-state index contributed by atoms with van der Waals surface area (Å²) in [5.74, 6) is -2.81. The first-order valence-electron chi connectivity index (χ1n) is 19.5. The first kappa shape index (κ1) is 44.8. The molecule has 61 heavy (non-hydrogen) atoms. The van der Waals surface area contributed by atoms with Crippen LogP contribution in [0.25, 0.3) is 11.2 Å². The van der Waals surface area contributed by atoms with E-state index in [1.54, 1.807) is 65.8 Å². The lowest BCUT2D eigenvalue weighted by Crippen LogP contribution is -2.54. The molecule has 3 heterocycles. The number of aromatic nitrogens is 4. The van der Waals surface area contributed by atoms with E-state index in [4.69, 9.17) is 16.2 Å². The maximum atomic E-state index is 13.3. The number of nitrogens with zero attached hydrogens (tertiary/aromatic N) is 6. The average Bonchev–Trinajstić information content (AvgIpc) is 3.42. The molecule has 0 aliphatic carbocycles. The molecule has 20 heteroatoms. The number of imide groups is 1. The number of nitrogen functional groups attached to an aromatic ring is 2. The van der Waals surface area contributed by atoms with Crippen molar-refractivity contribution < 1.29 is 38.3 Å². The molecule has 3 atom stereocenters. The molecule has 4 aromatic rings. The third kappa shape index (κ3) is 11.3. The molecule has 2 aromatic carbocycles. The van der Waals surface area contributed by atoms with Gasteiger partial charge in [-0.05, 0) is 95.8 Å². The maximum Gasteiger partial charge on any atom is 0.408 e. The van der Waals surface area contributed by atoms with Crippen LogP contribution in [-0.2, 0) is 25.7 Å². The van der Waals surface area contributed by atoms with Crippen LogP contribution < -0.4 is 37.6 Å². The van der Waals surface area contributed by atoms with Crippen LogP contribution in [0.1, 0.15) is 98.1 Å². The summed E-state index contributed by atoms with van der Waals surface area (Å²) in [6, 6.07) is 8.44. The number of nitrogens with one attached hydrogen (secondary N) is 4. The molecule has 0 fully saturated rings. The number of hydrogen-bond acceptors (Lipinski definition) is 14. The number of carbonyl (C=O) groups is 7. The zero-order chi connectivity index (χ0) is 44.8. The van der Waals surface area contributed by atoms with Gasteiger partial charge in [-0.25, -0.2) is 14.8 Å². The molecule has 0 spiro atoms. The number of fused-ring (bicyclic) bond motifs is 2. The fourth-order valence-electron chi connectivity index (χ4n) is 6.32. The number of hydrogen-bond donors (Lipinski definition) is 6. The highest BCUT2D eigenvalue weighted by Gasteiger charge is 2.36. The Balaban J connectivity index is 1.09. The Hall–Kier alpha value is -7.25. The fraction of sp³-hybridized carbons (Fsp3) is 0.390. The minimum atomic E-state index is -1.02. The van der Waals surface area contributed by atoms with Crippen molar-refractivity contribution in [1.29, 1.82) is 0 Å². The van der Waals surface area contributed by atoms with Gasteiger partial charge in [-0.1, -0.05) is 13.8 Å². The predicted molar refractivity (Wildman–Crippen MR) is 225 cm³/mol. The van der Waals surface area contributed by atoms with Crippen LogP contribution in [0.2, 0.25) is 0 Å². The van der Waals surface area contributed by atoms with E-state index in [2.05, 4.69) is 41.2 Å². The highest BCUT2D eigenvalue weighted by molar-refractivity contribution is 6.22. The monoisotopic (exact) mass is 838 g/mol. The van der Waals surface area contributed by atoms with E-state index >= 15 is 0 Å². The van der Waals surface area contributed by atoms with Crippen molar-refractivity contribution >= 4 is 76.3 Å². The van der Waals surface area contributed by atoms with Crippen LogP contribution in [0.5, 0.6) is 0 Å². The number of rotatable bonds is 16. The molecule has 0 saturated heterocycles. The first-order chi connectivity index (χ1) is 28.7. The summed E-state index contributed by atoms with van der Waals surface area (Å²) in [6.45, 7) is 12.0. The lowest BCUT2D eigenvalue weighted by Gasteiger charge is -2.26. The number of alkyl carbamates (subject to hydrolysis) is 1. The standard InChI is InChI=1S/C41H50N12O8/c1-21(2)30(49-40(60)61-41(5,6)7)36(57)46-23(4)34(55)48-25-12-15-28-29(17-25)38(59)53(37(28)58)16-8-9-22(3)45-35(56)24-10-13-27(14-11-24)52(20-54)19-26-18-44-33-31(47-26)32(42)50-39(43)51-33/h10-15,17-18,20-23,30H,8-9,16,19H2,1-7H3,(H,45,56)(H,46,57)(H,48,55)(H,49,60)(H4,42,43,44,50,51)/t22-,23+,30+/m1/s1. The van der Waals surface area contributed by atoms with Gasteiger partial charge in [0.2, 0.25) is 24.2 Å². The van der Waals surface area contributed by atoms with Gasteiger partial charge in [0.1, 0.15) is 17.7 Å². The van der Waals surface area contributed by atoms with Crippen molar-refractivity contribution in [3.63, 3.8) is 0 Å². The summed E-state index contributed by atoms with van der Waals surface area (Å²) in [5, 5.41) is 10.7. The lowest BCUT2D eigenvalue weighted by molar-refractivity contribution is -0.128. The number of ether oxygens (including phenoxy) is 1. The van der Waals surface area contributed by atoms with E-state index in [0.29, 0.717) is 36.2 Å². The number of benzene rings is 2. The third-order valence-electron chi connectivity index (χ3n) is 9.43. The van der Waals surface area contributed by atoms with Gasteiger partial charge in [0, 0.05) is 29.5 Å². The summed E-state index contributed by atoms with van der Waals surface area (Å²) < 4.78 is 5.26. The topological polar surface area (TPSA) is 287 Å². The summed E-state index contributed by atoms with van der Waals surface area (Å²) in [7, 11) is 0. The molecule has 5 rings (SSSR count). The van der Waals surface area contributed by atoms with E-state index in [1.165, 1.54) is 36.2 Å². The SMILES string of the molecule is CC(C)[C@H](NC(=O)OC(C)(C)C)C(=O)N[C@@H](C)C(=O)Nc1ccc2c(c1)C(=O)N(CCC[C@@H](C)NC(=O)c1ccc(N(C=O)Cc3cnc4nc(N)nc(N)c4n3)cc1)C2=O. The van der Waals surface area contributed by atoms with Crippen molar-refractivity contribution in [2.45, 2.75) is 91.6 Å². The van der Waals surface area contributed by atoms with E-state index in [9.17, 15) is 33.6 Å². The summed E-state index contributed by atoms with van der Waals surface area (Å²) >= 11 is 0. The molecule has 7 amide bonds. The molecule has 0 radical (unpaired) electrons.